The number of nitrogens with one attached hydrogen (secondary N) is 1. The van der Waals surface area contributed by atoms with Crippen molar-refractivity contribution in [2.75, 3.05) is 0 Å². The molecule has 0 heterocycles. The summed E-state index contributed by atoms with van der Waals surface area (Å²) < 4.78 is 0. The topological polar surface area (TPSA) is 199 Å². The van der Waals surface area contributed by atoms with Crippen LogP contribution in [-0.2, 0) is 19.2 Å². The molecular formula is C12H16N6O5. The van der Waals surface area contributed by atoms with Crippen LogP contribution in [0.15, 0.2) is 0 Å². The smallest absolute Gasteiger partial charge is 0.326 e. The Balaban J connectivity index is 4.51. The Kier molecular flexibility index (Phi) is 9.29. The summed E-state index contributed by atoms with van der Waals surface area (Å²) in [5.41, 5.74) is 21.8. The fraction of sp³-hybridized carbons (Fsp3) is 0.500. The van der Waals surface area contributed by atoms with Gasteiger partial charge in [-0.05, 0) is 12.8 Å². The fourth-order valence-corrected chi connectivity index (χ4v) is 1.51. The van der Waals surface area contributed by atoms with E-state index in [1.54, 1.807) is 0 Å². The van der Waals surface area contributed by atoms with Crippen molar-refractivity contribution in [2.24, 2.45) is 5.73 Å². The lowest BCUT2D eigenvalue weighted by Gasteiger charge is -2.16. The highest BCUT2D eigenvalue weighted by Gasteiger charge is 2.24. The number of carbonyl (C=O) groups is 4. The van der Waals surface area contributed by atoms with E-state index in [2.05, 4.69) is 14.9 Å². The van der Waals surface area contributed by atoms with E-state index in [1.165, 1.54) is 0 Å². The van der Waals surface area contributed by atoms with Gasteiger partial charge < -0.3 is 27.2 Å². The number of rotatable bonds is 11. The molecular weight excluding hydrogens is 308 g/mol. The Morgan fingerprint density at radius 1 is 1.04 bits per heavy atom. The summed E-state index contributed by atoms with van der Waals surface area (Å²) in [7, 11) is 0. The highest BCUT2D eigenvalue weighted by Crippen LogP contribution is 2.01. The number of nitrogens with zero attached hydrogens (tertiary/aromatic N) is 4. The van der Waals surface area contributed by atoms with Crippen LogP contribution in [-0.4, -0.2) is 62.6 Å². The van der Waals surface area contributed by atoms with Crippen molar-refractivity contribution in [3.63, 3.8) is 0 Å². The van der Waals surface area contributed by atoms with E-state index in [1.807, 2.05) is 0 Å². The number of Topliss-reactive ketones (excluding diaryl/α,β-unsaturated/α-hetero) is 2. The van der Waals surface area contributed by atoms with E-state index >= 15 is 0 Å². The third kappa shape index (κ3) is 8.79. The molecule has 0 aromatic carbocycles. The van der Waals surface area contributed by atoms with Gasteiger partial charge in [-0.15, -0.1) is 0 Å². The van der Waals surface area contributed by atoms with Crippen LogP contribution < -0.4 is 11.1 Å². The monoisotopic (exact) mass is 324 g/mol. The molecule has 11 heteroatoms. The predicted octanol–water partition coefficient (Wildman–Crippen LogP) is -1.82. The van der Waals surface area contributed by atoms with Gasteiger partial charge in [0, 0.05) is 12.8 Å². The number of amides is 1. The summed E-state index contributed by atoms with van der Waals surface area (Å²) in [4.78, 5) is 50.0. The van der Waals surface area contributed by atoms with Gasteiger partial charge in [0.15, 0.2) is 0 Å². The molecule has 0 saturated carbocycles. The first-order chi connectivity index (χ1) is 10.8. The highest BCUT2D eigenvalue weighted by atomic mass is 16.4. The SMILES string of the molecule is [N-]=[N+]=CC(=O)CCC(N)C(=O)NC(CCC(=O)C=[N+]=[N-])C(=O)O. The van der Waals surface area contributed by atoms with Crippen molar-refractivity contribution in [3.05, 3.63) is 11.1 Å². The zero-order valence-electron chi connectivity index (χ0n) is 12.1. The molecule has 0 spiro atoms. The van der Waals surface area contributed by atoms with Crippen LogP contribution in [0.3, 0.4) is 0 Å². The van der Waals surface area contributed by atoms with E-state index in [-0.39, 0.29) is 25.7 Å². The Morgan fingerprint density at radius 2 is 1.52 bits per heavy atom. The van der Waals surface area contributed by atoms with Crippen LogP contribution in [0.5, 0.6) is 0 Å². The van der Waals surface area contributed by atoms with Gasteiger partial charge in [0.25, 0.3) is 0 Å². The second-order valence-electron chi connectivity index (χ2n) is 4.51. The van der Waals surface area contributed by atoms with Gasteiger partial charge in [0.1, 0.15) is 6.04 Å². The van der Waals surface area contributed by atoms with Crippen molar-refractivity contribution in [1.82, 2.24) is 5.32 Å². The molecule has 0 bridgehead atoms. The minimum atomic E-state index is -1.36. The summed E-state index contributed by atoms with van der Waals surface area (Å²) in [5, 5.41) is 11.1. The molecule has 124 valence electrons. The second kappa shape index (κ2) is 10.7. The minimum absolute atomic E-state index is 0.0703. The Bertz CT molecular complexity index is 576. The van der Waals surface area contributed by atoms with Crippen LogP contribution in [0.1, 0.15) is 25.7 Å². The molecule has 11 nitrogen and oxygen atoms in total. The first kappa shape index (κ1) is 20.0. The third-order valence-corrected chi connectivity index (χ3v) is 2.74. The van der Waals surface area contributed by atoms with Crippen LogP contribution in [0.2, 0.25) is 0 Å². The van der Waals surface area contributed by atoms with Gasteiger partial charge in [-0.3, -0.25) is 14.4 Å². The molecule has 2 unspecified atom stereocenters. The Morgan fingerprint density at radius 3 is 1.96 bits per heavy atom. The molecule has 0 aromatic heterocycles. The van der Waals surface area contributed by atoms with Gasteiger partial charge in [0.05, 0.1) is 6.04 Å². The average molecular weight is 324 g/mol. The van der Waals surface area contributed by atoms with E-state index in [0.717, 1.165) is 0 Å². The predicted molar refractivity (Wildman–Crippen MR) is 75.4 cm³/mol. The molecule has 0 aliphatic rings. The molecule has 0 saturated heterocycles. The number of aliphatic carboxylic acids is 1. The molecule has 0 fully saturated rings. The maximum atomic E-state index is 11.8. The van der Waals surface area contributed by atoms with Gasteiger partial charge in [-0.1, -0.05) is 0 Å². The molecule has 2 atom stereocenters. The Hall–Kier alpha value is -3.00. The average Bonchev–Trinajstić information content (AvgIpc) is 2.49. The molecule has 0 aliphatic heterocycles. The number of nitrogens with two attached hydrogens (primary N) is 1. The number of carboxylic acids is 1. The standard InChI is InChI=1S/C12H16N6O5/c13-9(3-1-7(19)5-16-14)11(21)18-10(12(22)23)4-2-8(20)6-17-15/h5-6,9-10H,1-4,13H2,(H,18,21)(H,22,23). The lowest BCUT2D eigenvalue weighted by molar-refractivity contribution is -0.142. The normalized spacial score (nSPS) is 12.0. The van der Waals surface area contributed by atoms with Crippen LogP contribution in [0.25, 0.3) is 11.1 Å². The molecule has 0 radical (unpaired) electrons. The summed E-state index contributed by atoms with van der Waals surface area (Å²) in [5.74, 6) is -3.30. The van der Waals surface area contributed by atoms with Crippen molar-refractivity contribution < 1.29 is 33.9 Å². The summed E-state index contributed by atoms with van der Waals surface area (Å²) in [6.07, 6.45) is 0.609. The van der Waals surface area contributed by atoms with Crippen molar-refractivity contribution in [2.45, 2.75) is 37.8 Å². The van der Waals surface area contributed by atoms with Crippen molar-refractivity contribution in [1.29, 1.82) is 0 Å². The van der Waals surface area contributed by atoms with Gasteiger partial charge in [-0.25, -0.2) is 4.79 Å². The van der Waals surface area contributed by atoms with E-state index in [4.69, 9.17) is 21.9 Å². The molecule has 0 aromatic rings. The lowest BCUT2D eigenvalue weighted by Crippen LogP contribution is -2.48. The second-order valence-corrected chi connectivity index (χ2v) is 4.51. The zero-order valence-corrected chi connectivity index (χ0v) is 12.1. The van der Waals surface area contributed by atoms with E-state index in [9.17, 15) is 19.2 Å². The zero-order chi connectivity index (χ0) is 17.8. The summed E-state index contributed by atoms with van der Waals surface area (Å²) >= 11 is 0. The quantitative estimate of drug-likeness (QED) is 0.227. The summed E-state index contributed by atoms with van der Waals surface area (Å²) in [6, 6.07) is -2.48. The van der Waals surface area contributed by atoms with E-state index in [0.29, 0.717) is 12.4 Å². The molecule has 0 rings (SSSR count). The summed E-state index contributed by atoms with van der Waals surface area (Å²) in [6.45, 7) is 0. The highest BCUT2D eigenvalue weighted by molar-refractivity contribution is 6.25. The molecule has 1 amide bonds. The van der Waals surface area contributed by atoms with Crippen molar-refractivity contribution >= 4 is 35.9 Å². The molecule has 4 N–H and O–H groups in total. The first-order valence-electron chi connectivity index (χ1n) is 6.51. The van der Waals surface area contributed by atoms with Crippen molar-refractivity contribution in [3.8, 4) is 0 Å². The van der Waals surface area contributed by atoms with Gasteiger partial charge in [-0.2, -0.15) is 9.58 Å². The van der Waals surface area contributed by atoms with Crippen LogP contribution in [0.4, 0.5) is 0 Å². The first-order valence-corrected chi connectivity index (χ1v) is 6.51. The number of carbonyl (C=O) groups excluding carboxylic acids is 3. The molecule has 23 heavy (non-hydrogen) atoms. The maximum Gasteiger partial charge on any atom is 0.326 e. The Labute approximate surface area is 130 Å². The number of hydrogen-bond donors (Lipinski definition) is 3. The molecule has 0 aliphatic carbocycles. The number of carboxylic acid groups (broad SMARTS) is 1. The van der Waals surface area contributed by atoms with Gasteiger partial charge in [0.2, 0.25) is 17.5 Å². The minimum Gasteiger partial charge on any atom is -0.480 e. The van der Waals surface area contributed by atoms with Gasteiger partial charge >= 0.3 is 18.4 Å². The number of ketones is 2. The largest absolute Gasteiger partial charge is 0.480 e. The van der Waals surface area contributed by atoms with Crippen LogP contribution in [0, 0.1) is 0 Å². The van der Waals surface area contributed by atoms with E-state index < -0.39 is 35.5 Å². The number of hydrogen-bond acceptors (Lipinski definition) is 5. The maximum absolute atomic E-state index is 11.8. The van der Waals surface area contributed by atoms with Crippen LogP contribution >= 0.6 is 0 Å². The lowest BCUT2D eigenvalue weighted by atomic mass is 10.1. The third-order valence-electron chi connectivity index (χ3n) is 2.74. The fourth-order valence-electron chi connectivity index (χ4n) is 1.51.